The van der Waals surface area contributed by atoms with Crippen LogP contribution in [0.5, 0.6) is 0 Å². The van der Waals surface area contributed by atoms with E-state index in [2.05, 4.69) is 24.2 Å². The average molecular weight is 216 g/mol. The summed E-state index contributed by atoms with van der Waals surface area (Å²) in [5.74, 6) is -0.193. The zero-order valence-corrected chi connectivity index (χ0v) is 10.6. The van der Waals surface area contributed by atoms with Crippen molar-refractivity contribution >= 4 is 5.97 Å². The molecule has 0 radical (unpaired) electrons. The first-order valence-corrected chi connectivity index (χ1v) is 5.46. The summed E-state index contributed by atoms with van der Waals surface area (Å²) in [4.78, 5) is 13.5. The van der Waals surface area contributed by atoms with Crippen molar-refractivity contribution in [3.8, 4) is 0 Å². The van der Waals surface area contributed by atoms with Gasteiger partial charge in [-0.25, -0.2) is 0 Å². The van der Waals surface area contributed by atoms with Gasteiger partial charge in [-0.05, 0) is 34.4 Å². The first-order valence-electron chi connectivity index (χ1n) is 5.46. The standard InChI is InChI=1S/C11H24N2O2/c1-6-13(5)8-7-12-9-10(14)15-11(2,3)4/h12H,6-9H2,1-5H3. The van der Waals surface area contributed by atoms with Crippen LogP contribution in [0.25, 0.3) is 0 Å². The Hall–Kier alpha value is -0.610. The Morgan fingerprint density at radius 1 is 1.40 bits per heavy atom. The molecule has 0 aliphatic rings. The minimum absolute atomic E-state index is 0.193. The predicted molar refractivity (Wildman–Crippen MR) is 61.9 cm³/mol. The van der Waals surface area contributed by atoms with Gasteiger partial charge in [-0.1, -0.05) is 6.92 Å². The Bertz CT molecular complexity index is 188. The van der Waals surface area contributed by atoms with E-state index in [1.54, 1.807) is 0 Å². The van der Waals surface area contributed by atoms with Crippen molar-refractivity contribution in [1.29, 1.82) is 0 Å². The fourth-order valence-electron chi connectivity index (χ4n) is 0.996. The summed E-state index contributed by atoms with van der Waals surface area (Å²) in [7, 11) is 2.05. The van der Waals surface area contributed by atoms with E-state index in [4.69, 9.17) is 4.74 Å². The smallest absolute Gasteiger partial charge is 0.320 e. The van der Waals surface area contributed by atoms with E-state index >= 15 is 0 Å². The van der Waals surface area contributed by atoms with Crippen LogP contribution >= 0.6 is 0 Å². The SMILES string of the molecule is CCN(C)CCNCC(=O)OC(C)(C)C. The van der Waals surface area contributed by atoms with Gasteiger partial charge in [0.1, 0.15) is 5.60 Å². The van der Waals surface area contributed by atoms with Gasteiger partial charge in [0.25, 0.3) is 0 Å². The van der Waals surface area contributed by atoms with Crippen molar-refractivity contribution < 1.29 is 9.53 Å². The molecule has 0 aromatic carbocycles. The molecule has 0 bridgehead atoms. The summed E-state index contributed by atoms with van der Waals surface area (Å²) >= 11 is 0. The third-order valence-electron chi connectivity index (χ3n) is 1.90. The molecule has 0 atom stereocenters. The molecule has 0 saturated carbocycles. The van der Waals surface area contributed by atoms with Gasteiger partial charge < -0.3 is 15.0 Å². The van der Waals surface area contributed by atoms with E-state index in [1.807, 2.05) is 20.8 Å². The summed E-state index contributed by atoms with van der Waals surface area (Å²) < 4.78 is 5.16. The minimum atomic E-state index is -0.390. The summed E-state index contributed by atoms with van der Waals surface area (Å²) in [6, 6.07) is 0. The number of rotatable bonds is 6. The molecule has 0 heterocycles. The van der Waals surface area contributed by atoms with Crippen LogP contribution in [0.15, 0.2) is 0 Å². The molecule has 0 spiro atoms. The van der Waals surface area contributed by atoms with Crippen molar-refractivity contribution in [3.63, 3.8) is 0 Å². The number of carbonyl (C=O) groups is 1. The molecule has 0 fully saturated rings. The Morgan fingerprint density at radius 3 is 2.47 bits per heavy atom. The number of hydrogen-bond donors (Lipinski definition) is 1. The monoisotopic (exact) mass is 216 g/mol. The molecule has 4 nitrogen and oxygen atoms in total. The highest BCUT2D eigenvalue weighted by Crippen LogP contribution is 2.05. The van der Waals surface area contributed by atoms with Crippen LogP contribution in [-0.4, -0.2) is 49.7 Å². The molecule has 0 aromatic heterocycles. The quantitative estimate of drug-likeness (QED) is 0.528. The van der Waals surface area contributed by atoms with Gasteiger partial charge in [0.15, 0.2) is 0 Å². The molecule has 0 amide bonds. The highest BCUT2D eigenvalue weighted by molar-refractivity contribution is 5.72. The van der Waals surface area contributed by atoms with Crippen LogP contribution in [0.2, 0.25) is 0 Å². The number of nitrogens with zero attached hydrogens (tertiary/aromatic N) is 1. The molecule has 15 heavy (non-hydrogen) atoms. The first-order chi connectivity index (χ1) is 6.85. The summed E-state index contributed by atoms with van der Waals surface area (Å²) in [5.41, 5.74) is -0.390. The van der Waals surface area contributed by atoms with Crippen molar-refractivity contribution in [2.45, 2.75) is 33.3 Å². The van der Waals surface area contributed by atoms with Crippen molar-refractivity contribution in [2.75, 3.05) is 33.2 Å². The van der Waals surface area contributed by atoms with E-state index in [0.717, 1.165) is 19.6 Å². The van der Waals surface area contributed by atoms with E-state index in [1.165, 1.54) is 0 Å². The Balaban J connectivity index is 3.48. The normalized spacial score (nSPS) is 11.9. The van der Waals surface area contributed by atoms with E-state index < -0.39 is 0 Å². The maximum absolute atomic E-state index is 11.3. The van der Waals surface area contributed by atoms with Gasteiger partial charge in [0, 0.05) is 13.1 Å². The van der Waals surface area contributed by atoms with Gasteiger partial charge in [-0.2, -0.15) is 0 Å². The molecule has 1 N–H and O–H groups in total. The fraction of sp³-hybridized carbons (Fsp3) is 0.909. The van der Waals surface area contributed by atoms with Crippen LogP contribution in [0.1, 0.15) is 27.7 Å². The maximum Gasteiger partial charge on any atom is 0.320 e. The Labute approximate surface area is 93.0 Å². The molecule has 90 valence electrons. The molecule has 4 heteroatoms. The van der Waals surface area contributed by atoms with Crippen LogP contribution < -0.4 is 5.32 Å². The third-order valence-corrected chi connectivity index (χ3v) is 1.90. The lowest BCUT2D eigenvalue weighted by Gasteiger charge is -2.20. The molecule has 0 rings (SSSR count). The van der Waals surface area contributed by atoms with Crippen LogP contribution in [-0.2, 0) is 9.53 Å². The third kappa shape index (κ3) is 9.69. The largest absolute Gasteiger partial charge is 0.459 e. The summed E-state index contributed by atoms with van der Waals surface area (Å²) in [5, 5.41) is 3.06. The van der Waals surface area contributed by atoms with Gasteiger partial charge in [-0.15, -0.1) is 0 Å². The van der Waals surface area contributed by atoms with E-state index in [0.29, 0.717) is 0 Å². The molecular formula is C11H24N2O2. The Morgan fingerprint density at radius 2 is 2.00 bits per heavy atom. The average Bonchev–Trinajstić information content (AvgIpc) is 2.09. The second-order valence-electron chi connectivity index (χ2n) is 4.66. The van der Waals surface area contributed by atoms with Crippen LogP contribution in [0, 0.1) is 0 Å². The van der Waals surface area contributed by atoms with Crippen molar-refractivity contribution in [2.24, 2.45) is 0 Å². The number of carbonyl (C=O) groups excluding carboxylic acids is 1. The summed E-state index contributed by atoms with van der Waals surface area (Å²) in [6.45, 7) is 10.8. The minimum Gasteiger partial charge on any atom is -0.459 e. The van der Waals surface area contributed by atoms with Crippen LogP contribution in [0.4, 0.5) is 0 Å². The maximum atomic E-state index is 11.3. The van der Waals surface area contributed by atoms with Gasteiger partial charge in [0.2, 0.25) is 0 Å². The number of esters is 1. The molecule has 0 saturated heterocycles. The second kappa shape index (κ2) is 6.80. The predicted octanol–water partition coefficient (Wildman–Crippen LogP) is 0.869. The first kappa shape index (κ1) is 14.4. The van der Waals surface area contributed by atoms with Crippen LogP contribution in [0.3, 0.4) is 0 Å². The van der Waals surface area contributed by atoms with Gasteiger partial charge in [-0.3, -0.25) is 4.79 Å². The highest BCUT2D eigenvalue weighted by Gasteiger charge is 2.15. The lowest BCUT2D eigenvalue weighted by atomic mass is 10.2. The van der Waals surface area contributed by atoms with E-state index in [9.17, 15) is 4.79 Å². The lowest BCUT2D eigenvalue weighted by molar-refractivity contribution is -0.153. The summed E-state index contributed by atoms with van der Waals surface area (Å²) in [6.07, 6.45) is 0. The topological polar surface area (TPSA) is 41.6 Å². The molecular weight excluding hydrogens is 192 g/mol. The number of hydrogen-bond acceptors (Lipinski definition) is 4. The van der Waals surface area contributed by atoms with Crippen molar-refractivity contribution in [3.05, 3.63) is 0 Å². The second-order valence-corrected chi connectivity index (χ2v) is 4.66. The fourth-order valence-corrected chi connectivity index (χ4v) is 0.996. The van der Waals surface area contributed by atoms with E-state index in [-0.39, 0.29) is 18.1 Å². The lowest BCUT2D eigenvalue weighted by Crippen LogP contribution is -2.35. The molecule has 0 aliphatic heterocycles. The van der Waals surface area contributed by atoms with Gasteiger partial charge >= 0.3 is 5.97 Å². The number of nitrogens with one attached hydrogen (secondary N) is 1. The molecule has 0 aliphatic carbocycles. The highest BCUT2D eigenvalue weighted by atomic mass is 16.6. The number of likely N-dealkylation sites (N-methyl/N-ethyl adjacent to an activating group) is 1. The Kier molecular flexibility index (Phi) is 6.52. The van der Waals surface area contributed by atoms with Crippen molar-refractivity contribution in [1.82, 2.24) is 10.2 Å². The zero-order chi connectivity index (χ0) is 11.9. The molecule has 0 aromatic rings. The zero-order valence-electron chi connectivity index (χ0n) is 10.6. The van der Waals surface area contributed by atoms with Gasteiger partial charge in [0.05, 0.1) is 6.54 Å². The number of ether oxygens (including phenoxy) is 1. The molecule has 0 unspecified atom stereocenters.